The number of aromatic nitrogens is 3. The van der Waals surface area contributed by atoms with E-state index in [0.29, 0.717) is 12.4 Å². The Kier molecular flexibility index (Phi) is 5.47. The number of halogens is 1. The van der Waals surface area contributed by atoms with Gasteiger partial charge in [-0.05, 0) is 42.0 Å². The minimum absolute atomic E-state index is 0.0516. The zero-order valence-electron chi connectivity index (χ0n) is 17.1. The van der Waals surface area contributed by atoms with Gasteiger partial charge in [-0.1, -0.05) is 36.4 Å². The number of benzene rings is 2. The third-order valence-electron chi connectivity index (χ3n) is 5.17. The number of amides is 1. The molecule has 0 saturated carbocycles. The first-order valence-corrected chi connectivity index (χ1v) is 11.0. The molecule has 0 spiro atoms. The summed E-state index contributed by atoms with van der Waals surface area (Å²) in [6, 6.07) is 21.7. The van der Waals surface area contributed by atoms with Gasteiger partial charge in [0, 0.05) is 29.0 Å². The van der Waals surface area contributed by atoms with Crippen molar-refractivity contribution in [2.75, 3.05) is 4.90 Å². The maximum Gasteiger partial charge on any atom is 0.234 e. The predicted octanol–water partition coefficient (Wildman–Crippen LogP) is 5.37. The Hall–Kier alpha value is -3.84. The second-order valence-corrected chi connectivity index (χ2v) is 8.18. The average Bonchev–Trinajstić information content (AvgIpc) is 3.41. The fourth-order valence-corrected chi connectivity index (χ4v) is 4.42. The first-order chi connectivity index (χ1) is 15.7. The Morgan fingerprint density at radius 2 is 1.78 bits per heavy atom. The molecule has 3 heterocycles. The van der Waals surface area contributed by atoms with Crippen LogP contribution in [-0.2, 0) is 17.8 Å². The summed E-state index contributed by atoms with van der Waals surface area (Å²) in [6.07, 6.45) is 3.79. The molecule has 1 amide bonds. The van der Waals surface area contributed by atoms with E-state index in [0.717, 1.165) is 27.5 Å². The lowest BCUT2D eigenvalue weighted by atomic mass is 10.2. The average molecular weight is 443 g/mol. The standard InChI is InChI=1S/C25H19FN4OS/c26-20-11-9-19(10-12-20)22-16-29-21(17-32-25(29)28-22)14-24(31)30(23-8-4-5-13-27-23)15-18-6-2-1-3-7-18/h1-13,16-17H,14-15H2. The Labute approximate surface area is 188 Å². The van der Waals surface area contributed by atoms with Crippen molar-refractivity contribution in [2.45, 2.75) is 13.0 Å². The van der Waals surface area contributed by atoms with Crippen molar-refractivity contribution in [3.05, 3.63) is 108 Å². The van der Waals surface area contributed by atoms with Crippen molar-refractivity contribution in [3.63, 3.8) is 0 Å². The van der Waals surface area contributed by atoms with E-state index in [9.17, 15) is 9.18 Å². The van der Waals surface area contributed by atoms with Gasteiger partial charge in [0.25, 0.3) is 0 Å². The van der Waals surface area contributed by atoms with Crippen molar-refractivity contribution in [1.82, 2.24) is 14.4 Å². The van der Waals surface area contributed by atoms with Gasteiger partial charge in [0.2, 0.25) is 5.91 Å². The lowest BCUT2D eigenvalue weighted by molar-refractivity contribution is -0.118. The highest BCUT2D eigenvalue weighted by atomic mass is 32.1. The van der Waals surface area contributed by atoms with Crippen molar-refractivity contribution in [3.8, 4) is 11.3 Å². The first-order valence-electron chi connectivity index (χ1n) is 10.1. The molecule has 3 aromatic heterocycles. The molecule has 0 unspecified atom stereocenters. The smallest absolute Gasteiger partial charge is 0.234 e. The highest BCUT2D eigenvalue weighted by Crippen LogP contribution is 2.25. The van der Waals surface area contributed by atoms with E-state index in [1.165, 1.54) is 23.5 Å². The molecule has 0 aliphatic heterocycles. The number of hydrogen-bond acceptors (Lipinski definition) is 4. The fraction of sp³-hybridized carbons (Fsp3) is 0.0800. The van der Waals surface area contributed by atoms with E-state index in [4.69, 9.17) is 0 Å². The molecule has 5 rings (SSSR count). The minimum atomic E-state index is -0.283. The largest absolute Gasteiger partial charge is 0.294 e. The molecule has 0 fully saturated rings. The van der Waals surface area contributed by atoms with Crippen LogP contribution in [0.25, 0.3) is 16.2 Å². The van der Waals surface area contributed by atoms with E-state index < -0.39 is 0 Å². The summed E-state index contributed by atoms with van der Waals surface area (Å²) in [5.41, 5.74) is 3.46. The highest BCUT2D eigenvalue weighted by molar-refractivity contribution is 7.15. The number of thiazole rings is 1. The Morgan fingerprint density at radius 3 is 2.53 bits per heavy atom. The molecule has 0 saturated heterocycles. The molecule has 0 radical (unpaired) electrons. The van der Waals surface area contributed by atoms with Gasteiger partial charge in [0.05, 0.1) is 18.7 Å². The zero-order chi connectivity index (χ0) is 21.9. The summed E-state index contributed by atoms with van der Waals surface area (Å²) in [5.74, 6) is 0.281. The molecule has 32 heavy (non-hydrogen) atoms. The third-order valence-corrected chi connectivity index (χ3v) is 6.05. The van der Waals surface area contributed by atoms with E-state index in [2.05, 4.69) is 9.97 Å². The van der Waals surface area contributed by atoms with Gasteiger partial charge in [-0.15, -0.1) is 11.3 Å². The van der Waals surface area contributed by atoms with Gasteiger partial charge < -0.3 is 0 Å². The molecule has 0 aliphatic rings. The summed E-state index contributed by atoms with van der Waals surface area (Å²) < 4.78 is 15.2. The van der Waals surface area contributed by atoms with Crippen LogP contribution in [-0.4, -0.2) is 20.3 Å². The predicted molar refractivity (Wildman–Crippen MR) is 124 cm³/mol. The molecular weight excluding hydrogens is 423 g/mol. The van der Waals surface area contributed by atoms with Crippen LogP contribution >= 0.6 is 11.3 Å². The summed E-state index contributed by atoms with van der Waals surface area (Å²) in [7, 11) is 0. The van der Waals surface area contributed by atoms with Crippen molar-refractivity contribution in [1.29, 1.82) is 0 Å². The van der Waals surface area contributed by atoms with Crippen LogP contribution in [0.3, 0.4) is 0 Å². The van der Waals surface area contributed by atoms with E-state index >= 15 is 0 Å². The Bertz CT molecular complexity index is 1350. The normalized spacial score (nSPS) is 11.0. The van der Waals surface area contributed by atoms with Crippen molar-refractivity contribution in [2.24, 2.45) is 0 Å². The topological polar surface area (TPSA) is 50.5 Å². The van der Waals surface area contributed by atoms with Crippen LogP contribution in [0.1, 0.15) is 11.3 Å². The van der Waals surface area contributed by atoms with Gasteiger partial charge in [-0.2, -0.15) is 0 Å². The van der Waals surface area contributed by atoms with E-state index in [-0.39, 0.29) is 18.1 Å². The SMILES string of the molecule is O=C(Cc1csc2nc(-c3ccc(F)cc3)cn12)N(Cc1ccccc1)c1ccccn1. The van der Waals surface area contributed by atoms with Gasteiger partial charge >= 0.3 is 0 Å². The number of nitrogens with zero attached hydrogens (tertiary/aromatic N) is 4. The van der Waals surface area contributed by atoms with Gasteiger partial charge in [-0.3, -0.25) is 14.1 Å². The first kappa shape index (κ1) is 20.1. The molecule has 0 N–H and O–H groups in total. The quantitative estimate of drug-likeness (QED) is 0.355. The fourth-order valence-electron chi connectivity index (χ4n) is 3.54. The number of carbonyl (C=O) groups excluding carboxylic acids is 1. The van der Waals surface area contributed by atoms with Crippen molar-refractivity contribution < 1.29 is 9.18 Å². The monoisotopic (exact) mass is 442 g/mol. The molecule has 7 heteroatoms. The highest BCUT2D eigenvalue weighted by Gasteiger charge is 2.20. The summed E-state index contributed by atoms with van der Waals surface area (Å²) in [6.45, 7) is 0.439. The van der Waals surface area contributed by atoms with Crippen LogP contribution in [0.2, 0.25) is 0 Å². The molecule has 5 nitrogen and oxygen atoms in total. The molecule has 158 valence electrons. The van der Waals surface area contributed by atoms with Gasteiger partial charge in [0.15, 0.2) is 4.96 Å². The van der Waals surface area contributed by atoms with Gasteiger partial charge in [-0.25, -0.2) is 14.4 Å². The minimum Gasteiger partial charge on any atom is -0.294 e. The lowest BCUT2D eigenvalue weighted by Crippen LogP contribution is -2.32. The lowest BCUT2D eigenvalue weighted by Gasteiger charge is -2.22. The molecular formula is C25H19FN4OS. The van der Waals surface area contributed by atoms with E-state index in [1.54, 1.807) is 23.2 Å². The molecule has 0 atom stereocenters. The Morgan fingerprint density at radius 1 is 1.00 bits per heavy atom. The molecule has 2 aromatic carbocycles. The van der Waals surface area contributed by atoms with Crippen LogP contribution in [0.5, 0.6) is 0 Å². The maximum atomic E-state index is 13.4. The number of fused-ring (bicyclic) bond motifs is 1. The van der Waals surface area contributed by atoms with Crippen molar-refractivity contribution >= 4 is 28.0 Å². The van der Waals surface area contributed by atoms with Crippen LogP contribution in [0, 0.1) is 5.82 Å². The number of rotatable bonds is 6. The summed E-state index contributed by atoms with van der Waals surface area (Å²) in [5, 5.41) is 1.95. The number of pyridine rings is 1. The number of carbonyl (C=O) groups is 1. The Balaban J connectivity index is 1.43. The number of imidazole rings is 1. The second-order valence-electron chi connectivity index (χ2n) is 7.34. The summed E-state index contributed by atoms with van der Waals surface area (Å²) in [4.78, 5) is 24.9. The van der Waals surface area contributed by atoms with Crippen LogP contribution < -0.4 is 4.90 Å². The number of anilines is 1. The second kappa shape index (κ2) is 8.72. The molecule has 0 aliphatic carbocycles. The summed E-state index contributed by atoms with van der Waals surface area (Å²) >= 11 is 1.48. The number of hydrogen-bond donors (Lipinski definition) is 0. The maximum absolute atomic E-state index is 13.4. The third kappa shape index (κ3) is 4.15. The van der Waals surface area contributed by atoms with E-state index in [1.807, 2.05) is 64.5 Å². The zero-order valence-corrected chi connectivity index (χ0v) is 17.9. The molecule has 0 bridgehead atoms. The molecule has 5 aromatic rings. The van der Waals surface area contributed by atoms with Crippen LogP contribution in [0.15, 0.2) is 90.6 Å². The van der Waals surface area contributed by atoms with Gasteiger partial charge in [0.1, 0.15) is 11.6 Å². The van der Waals surface area contributed by atoms with Crippen LogP contribution in [0.4, 0.5) is 10.2 Å².